The van der Waals surface area contributed by atoms with Gasteiger partial charge in [-0.1, -0.05) is 12.1 Å². The van der Waals surface area contributed by atoms with Crippen LogP contribution < -0.4 is 9.47 Å². The SMILES string of the molecule is COc1ccc(C(=O)/C=C/c2ccc3nccnc3c2)c(OC)c1. The van der Waals surface area contributed by atoms with Crippen molar-refractivity contribution in [2.24, 2.45) is 0 Å². The number of hydrogen-bond acceptors (Lipinski definition) is 5. The second-order valence-electron chi connectivity index (χ2n) is 5.07. The lowest BCUT2D eigenvalue weighted by molar-refractivity contribution is 0.104. The molecule has 0 saturated carbocycles. The van der Waals surface area contributed by atoms with E-state index in [0.29, 0.717) is 17.1 Å². The number of ether oxygens (including phenoxy) is 2. The Kier molecular flexibility index (Phi) is 4.52. The molecular weight excluding hydrogens is 304 g/mol. The van der Waals surface area contributed by atoms with Crippen molar-refractivity contribution in [3.8, 4) is 11.5 Å². The maximum absolute atomic E-state index is 12.4. The van der Waals surface area contributed by atoms with Crippen LogP contribution in [0.1, 0.15) is 15.9 Å². The third-order valence-electron chi connectivity index (χ3n) is 3.59. The summed E-state index contributed by atoms with van der Waals surface area (Å²) >= 11 is 0. The van der Waals surface area contributed by atoms with Crippen molar-refractivity contribution in [3.63, 3.8) is 0 Å². The molecule has 0 amide bonds. The Balaban J connectivity index is 1.86. The highest BCUT2D eigenvalue weighted by molar-refractivity contribution is 6.08. The number of methoxy groups -OCH3 is 2. The first-order chi connectivity index (χ1) is 11.7. The number of benzene rings is 2. The number of nitrogens with zero attached hydrogens (tertiary/aromatic N) is 2. The number of carbonyl (C=O) groups is 1. The zero-order valence-electron chi connectivity index (χ0n) is 13.4. The second-order valence-corrected chi connectivity index (χ2v) is 5.07. The van der Waals surface area contributed by atoms with Gasteiger partial charge in [0.05, 0.1) is 30.8 Å². The minimum atomic E-state index is -0.145. The number of rotatable bonds is 5. The Morgan fingerprint density at radius 2 is 1.75 bits per heavy atom. The Labute approximate surface area is 139 Å². The molecule has 0 aliphatic heterocycles. The lowest BCUT2D eigenvalue weighted by Gasteiger charge is -2.07. The Bertz CT molecular complexity index is 919. The quantitative estimate of drug-likeness (QED) is 0.531. The van der Waals surface area contributed by atoms with Crippen LogP contribution >= 0.6 is 0 Å². The summed E-state index contributed by atoms with van der Waals surface area (Å²) in [6, 6.07) is 10.8. The van der Waals surface area contributed by atoms with Crippen LogP contribution in [0.15, 0.2) is 54.9 Å². The molecule has 0 radical (unpaired) electrons. The summed E-state index contributed by atoms with van der Waals surface area (Å²) in [5.41, 5.74) is 2.96. The number of aromatic nitrogens is 2. The Morgan fingerprint density at radius 3 is 2.50 bits per heavy atom. The van der Waals surface area contributed by atoms with E-state index in [1.54, 1.807) is 43.8 Å². The molecule has 120 valence electrons. The minimum Gasteiger partial charge on any atom is -0.497 e. The van der Waals surface area contributed by atoms with Gasteiger partial charge < -0.3 is 9.47 Å². The highest BCUT2D eigenvalue weighted by Gasteiger charge is 2.10. The first-order valence-electron chi connectivity index (χ1n) is 7.36. The van der Waals surface area contributed by atoms with E-state index in [1.807, 2.05) is 18.2 Å². The summed E-state index contributed by atoms with van der Waals surface area (Å²) in [6.07, 6.45) is 6.56. The van der Waals surface area contributed by atoms with Crippen molar-refractivity contribution >= 4 is 22.9 Å². The number of ketones is 1. The van der Waals surface area contributed by atoms with Crippen molar-refractivity contribution in [2.45, 2.75) is 0 Å². The van der Waals surface area contributed by atoms with E-state index in [9.17, 15) is 4.79 Å². The van der Waals surface area contributed by atoms with Crippen LogP contribution in [-0.2, 0) is 0 Å². The second kappa shape index (κ2) is 6.91. The minimum absolute atomic E-state index is 0.145. The van der Waals surface area contributed by atoms with Crippen molar-refractivity contribution in [2.75, 3.05) is 14.2 Å². The van der Waals surface area contributed by atoms with Crippen LogP contribution in [0.2, 0.25) is 0 Å². The predicted octanol–water partition coefficient (Wildman–Crippen LogP) is 3.54. The fourth-order valence-electron chi connectivity index (χ4n) is 2.35. The summed E-state index contributed by atoms with van der Waals surface area (Å²) in [5, 5.41) is 0. The molecule has 0 N–H and O–H groups in total. The van der Waals surface area contributed by atoms with Crippen LogP contribution in [0, 0.1) is 0 Å². The molecule has 0 bridgehead atoms. The standard InChI is InChI=1S/C19H16N2O3/c1-23-14-5-6-15(19(12-14)24-2)18(22)8-4-13-3-7-16-17(11-13)21-10-9-20-16/h3-12H,1-2H3/b8-4+. The lowest BCUT2D eigenvalue weighted by Crippen LogP contribution is -1.99. The molecule has 0 atom stereocenters. The molecule has 5 nitrogen and oxygen atoms in total. The molecule has 2 aromatic carbocycles. The van der Waals surface area contributed by atoms with Gasteiger partial charge in [0.25, 0.3) is 0 Å². The van der Waals surface area contributed by atoms with Crippen molar-refractivity contribution < 1.29 is 14.3 Å². The molecule has 3 rings (SSSR count). The summed E-state index contributed by atoms with van der Waals surface area (Å²) in [4.78, 5) is 20.9. The number of carbonyl (C=O) groups excluding carboxylic acids is 1. The van der Waals surface area contributed by atoms with Crippen LogP contribution in [0.4, 0.5) is 0 Å². The van der Waals surface area contributed by atoms with Gasteiger partial charge in [-0.2, -0.15) is 0 Å². The summed E-state index contributed by atoms with van der Waals surface area (Å²) in [5.74, 6) is 0.975. The Morgan fingerprint density at radius 1 is 0.958 bits per heavy atom. The average Bonchev–Trinajstić information content (AvgIpc) is 2.65. The van der Waals surface area contributed by atoms with Crippen molar-refractivity contribution in [3.05, 3.63) is 66.0 Å². The smallest absolute Gasteiger partial charge is 0.189 e. The summed E-state index contributed by atoms with van der Waals surface area (Å²) in [6.45, 7) is 0. The third kappa shape index (κ3) is 3.25. The highest BCUT2D eigenvalue weighted by atomic mass is 16.5. The van der Waals surface area contributed by atoms with E-state index >= 15 is 0 Å². The van der Waals surface area contributed by atoms with Gasteiger partial charge in [0.2, 0.25) is 0 Å². The largest absolute Gasteiger partial charge is 0.497 e. The van der Waals surface area contributed by atoms with E-state index in [4.69, 9.17) is 9.47 Å². The molecule has 1 aromatic heterocycles. The highest BCUT2D eigenvalue weighted by Crippen LogP contribution is 2.25. The number of allylic oxidation sites excluding steroid dienone is 1. The molecule has 3 aromatic rings. The van der Waals surface area contributed by atoms with Gasteiger partial charge in [-0.3, -0.25) is 14.8 Å². The first-order valence-corrected chi connectivity index (χ1v) is 7.36. The molecule has 0 fully saturated rings. The van der Waals surface area contributed by atoms with E-state index in [1.165, 1.54) is 13.2 Å². The topological polar surface area (TPSA) is 61.3 Å². The van der Waals surface area contributed by atoms with Gasteiger partial charge in [-0.05, 0) is 35.9 Å². The monoisotopic (exact) mass is 320 g/mol. The lowest BCUT2D eigenvalue weighted by atomic mass is 10.1. The third-order valence-corrected chi connectivity index (χ3v) is 3.59. The number of fused-ring (bicyclic) bond motifs is 1. The van der Waals surface area contributed by atoms with Crippen molar-refractivity contribution in [1.29, 1.82) is 0 Å². The van der Waals surface area contributed by atoms with Crippen LogP contribution in [0.5, 0.6) is 11.5 Å². The molecule has 0 saturated heterocycles. The molecular formula is C19H16N2O3. The zero-order chi connectivity index (χ0) is 16.9. The zero-order valence-corrected chi connectivity index (χ0v) is 13.4. The first kappa shape index (κ1) is 15.7. The van der Waals surface area contributed by atoms with Crippen LogP contribution in [0.25, 0.3) is 17.1 Å². The molecule has 1 heterocycles. The van der Waals surface area contributed by atoms with E-state index in [-0.39, 0.29) is 5.78 Å². The predicted molar refractivity (Wildman–Crippen MR) is 92.4 cm³/mol. The molecule has 0 spiro atoms. The van der Waals surface area contributed by atoms with Gasteiger partial charge in [0, 0.05) is 18.5 Å². The van der Waals surface area contributed by atoms with E-state index in [2.05, 4.69) is 9.97 Å². The van der Waals surface area contributed by atoms with Gasteiger partial charge in [-0.15, -0.1) is 0 Å². The normalized spacial score (nSPS) is 10.9. The summed E-state index contributed by atoms with van der Waals surface area (Å²) in [7, 11) is 3.09. The van der Waals surface area contributed by atoms with Crippen molar-refractivity contribution in [1.82, 2.24) is 9.97 Å². The van der Waals surface area contributed by atoms with Crippen LogP contribution in [-0.4, -0.2) is 30.0 Å². The van der Waals surface area contributed by atoms with Gasteiger partial charge >= 0.3 is 0 Å². The van der Waals surface area contributed by atoms with Gasteiger partial charge in [-0.25, -0.2) is 0 Å². The molecule has 5 heteroatoms. The van der Waals surface area contributed by atoms with E-state index in [0.717, 1.165) is 16.6 Å². The fraction of sp³-hybridized carbons (Fsp3) is 0.105. The van der Waals surface area contributed by atoms with Gasteiger partial charge in [0.1, 0.15) is 11.5 Å². The maximum Gasteiger partial charge on any atom is 0.189 e. The molecule has 0 aliphatic rings. The average molecular weight is 320 g/mol. The van der Waals surface area contributed by atoms with Crippen LogP contribution in [0.3, 0.4) is 0 Å². The van der Waals surface area contributed by atoms with Gasteiger partial charge in [0.15, 0.2) is 5.78 Å². The maximum atomic E-state index is 12.4. The fourth-order valence-corrected chi connectivity index (χ4v) is 2.35. The molecule has 24 heavy (non-hydrogen) atoms. The summed E-state index contributed by atoms with van der Waals surface area (Å²) < 4.78 is 10.4. The molecule has 0 aliphatic carbocycles. The van der Waals surface area contributed by atoms with E-state index < -0.39 is 0 Å². The number of hydrogen-bond donors (Lipinski definition) is 0. The Hall–Kier alpha value is -3.21. The molecule has 0 unspecified atom stereocenters.